The summed E-state index contributed by atoms with van der Waals surface area (Å²) in [6, 6.07) is 5.06. The number of Topliss-reactive ketones (excluding diaryl/α,β-unsaturated/α-hetero) is 1. The van der Waals surface area contributed by atoms with Crippen LogP contribution in [0.2, 0.25) is 0 Å². The minimum atomic E-state index is -0.484. The van der Waals surface area contributed by atoms with Crippen molar-refractivity contribution in [3.8, 4) is 0 Å². The highest BCUT2D eigenvalue weighted by Crippen LogP contribution is 2.22. The van der Waals surface area contributed by atoms with E-state index < -0.39 is 5.91 Å². The van der Waals surface area contributed by atoms with Gasteiger partial charge in [0, 0.05) is 17.5 Å². The monoisotopic (exact) mass is 175 g/mol. The van der Waals surface area contributed by atoms with E-state index in [0.717, 1.165) is 12.0 Å². The molecule has 13 heavy (non-hydrogen) atoms. The Bertz CT molecular complexity index is 396. The third kappa shape index (κ3) is 1.22. The van der Waals surface area contributed by atoms with Gasteiger partial charge in [0.15, 0.2) is 5.78 Å². The van der Waals surface area contributed by atoms with Crippen molar-refractivity contribution in [2.75, 3.05) is 0 Å². The van der Waals surface area contributed by atoms with Crippen LogP contribution in [0.5, 0.6) is 0 Å². The standard InChI is InChI=1S/C10H9NO2/c11-10(13)7-2-1-6-3-4-9(12)8(6)5-7/h1-2,5H,3-4H2,(H2,11,13). The van der Waals surface area contributed by atoms with Gasteiger partial charge < -0.3 is 5.73 Å². The van der Waals surface area contributed by atoms with Gasteiger partial charge in [-0.3, -0.25) is 9.59 Å². The van der Waals surface area contributed by atoms with Crippen molar-refractivity contribution in [1.29, 1.82) is 0 Å². The molecule has 1 aliphatic carbocycles. The third-order valence-electron chi connectivity index (χ3n) is 2.32. The van der Waals surface area contributed by atoms with E-state index in [2.05, 4.69) is 0 Å². The summed E-state index contributed by atoms with van der Waals surface area (Å²) in [7, 11) is 0. The molecular formula is C10H9NO2. The lowest BCUT2D eigenvalue weighted by molar-refractivity contribution is 0.0994. The SMILES string of the molecule is NC(=O)c1ccc2c(c1)C(=O)CC2. The fraction of sp³-hybridized carbons (Fsp3) is 0.200. The molecule has 2 N–H and O–H groups in total. The highest BCUT2D eigenvalue weighted by molar-refractivity contribution is 6.03. The smallest absolute Gasteiger partial charge is 0.248 e. The van der Waals surface area contributed by atoms with Crippen LogP contribution in [0.1, 0.15) is 32.7 Å². The topological polar surface area (TPSA) is 60.2 Å². The van der Waals surface area contributed by atoms with Crippen LogP contribution >= 0.6 is 0 Å². The molecule has 0 radical (unpaired) electrons. The van der Waals surface area contributed by atoms with Gasteiger partial charge in [-0.15, -0.1) is 0 Å². The Morgan fingerprint density at radius 2 is 2.08 bits per heavy atom. The number of ketones is 1. The van der Waals surface area contributed by atoms with E-state index in [9.17, 15) is 9.59 Å². The molecule has 1 aliphatic rings. The molecule has 0 spiro atoms. The molecular weight excluding hydrogens is 166 g/mol. The van der Waals surface area contributed by atoms with Crippen molar-refractivity contribution in [3.05, 3.63) is 34.9 Å². The van der Waals surface area contributed by atoms with Crippen molar-refractivity contribution in [2.24, 2.45) is 5.73 Å². The molecule has 0 saturated heterocycles. The van der Waals surface area contributed by atoms with E-state index in [1.807, 2.05) is 0 Å². The predicted octanol–water partition coefficient (Wildman–Crippen LogP) is 0.914. The first-order valence-electron chi connectivity index (χ1n) is 4.14. The van der Waals surface area contributed by atoms with E-state index in [-0.39, 0.29) is 5.78 Å². The van der Waals surface area contributed by atoms with Crippen LogP contribution in [0.4, 0.5) is 0 Å². The first kappa shape index (κ1) is 7.98. The first-order valence-corrected chi connectivity index (χ1v) is 4.14. The predicted molar refractivity (Wildman–Crippen MR) is 47.6 cm³/mol. The summed E-state index contributed by atoms with van der Waals surface area (Å²) >= 11 is 0. The molecule has 2 rings (SSSR count). The van der Waals surface area contributed by atoms with Gasteiger partial charge in [-0.25, -0.2) is 0 Å². The molecule has 0 fully saturated rings. The number of benzene rings is 1. The second kappa shape index (κ2) is 2.69. The van der Waals surface area contributed by atoms with Crippen molar-refractivity contribution >= 4 is 11.7 Å². The van der Waals surface area contributed by atoms with Gasteiger partial charge in [-0.1, -0.05) is 6.07 Å². The first-order chi connectivity index (χ1) is 6.18. The van der Waals surface area contributed by atoms with Crippen LogP contribution in [0.3, 0.4) is 0 Å². The van der Waals surface area contributed by atoms with E-state index in [1.54, 1.807) is 18.2 Å². The molecule has 0 saturated carbocycles. The fourth-order valence-corrected chi connectivity index (χ4v) is 1.59. The van der Waals surface area contributed by atoms with E-state index in [1.165, 1.54) is 0 Å². The Morgan fingerprint density at radius 1 is 1.31 bits per heavy atom. The molecule has 1 amide bonds. The number of hydrogen-bond donors (Lipinski definition) is 1. The summed E-state index contributed by atoms with van der Waals surface area (Å²) in [4.78, 5) is 22.1. The number of aryl methyl sites for hydroxylation is 1. The van der Waals surface area contributed by atoms with Crippen molar-refractivity contribution in [1.82, 2.24) is 0 Å². The van der Waals surface area contributed by atoms with Crippen molar-refractivity contribution in [2.45, 2.75) is 12.8 Å². The molecule has 0 heterocycles. The van der Waals surface area contributed by atoms with E-state index in [0.29, 0.717) is 17.5 Å². The van der Waals surface area contributed by atoms with Gasteiger partial charge in [0.25, 0.3) is 0 Å². The Kier molecular flexibility index (Phi) is 1.65. The fourth-order valence-electron chi connectivity index (χ4n) is 1.59. The molecule has 0 unspecified atom stereocenters. The lowest BCUT2D eigenvalue weighted by atomic mass is 10.1. The van der Waals surface area contributed by atoms with E-state index in [4.69, 9.17) is 5.73 Å². The second-order valence-electron chi connectivity index (χ2n) is 3.16. The molecule has 0 atom stereocenters. The number of amides is 1. The van der Waals surface area contributed by atoms with Crippen LogP contribution in [-0.2, 0) is 6.42 Å². The lowest BCUT2D eigenvalue weighted by Crippen LogP contribution is -2.11. The minimum Gasteiger partial charge on any atom is -0.366 e. The number of hydrogen-bond acceptors (Lipinski definition) is 2. The summed E-state index contributed by atoms with van der Waals surface area (Å²) in [6.07, 6.45) is 1.34. The average Bonchev–Trinajstić information content (AvgIpc) is 2.47. The zero-order chi connectivity index (χ0) is 9.42. The Hall–Kier alpha value is -1.64. The largest absolute Gasteiger partial charge is 0.366 e. The van der Waals surface area contributed by atoms with Gasteiger partial charge >= 0.3 is 0 Å². The van der Waals surface area contributed by atoms with Crippen LogP contribution in [0, 0.1) is 0 Å². The summed E-state index contributed by atoms with van der Waals surface area (Å²) in [5.41, 5.74) is 7.20. The number of nitrogens with two attached hydrogens (primary N) is 1. The van der Waals surface area contributed by atoms with Crippen LogP contribution in [0.15, 0.2) is 18.2 Å². The molecule has 1 aromatic rings. The van der Waals surface area contributed by atoms with Crippen LogP contribution in [-0.4, -0.2) is 11.7 Å². The highest BCUT2D eigenvalue weighted by Gasteiger charge is 2.19. The van der Waals surface area contributed by atoms with Crippen molar-refractivity contribution < 1.29 is 9.59 Å². The number of primary amides is 1. The maximum atomic E-state index is 11.3. The van der Waals surface area contributed by atoms with Gasteiger partial charge in [0.1, 0.15) is 0 Å². The van der Waals surface area contributed by atoms with E-state index >= 15 is 0 Å². The van der Waals surface area contributed by atoms with Crippen molar-refractivity contribution in [3.63, 3.8) is 0 Å². The number of fused-ring (bicyclic) bond motifs is 1. The van der Waals surface area contributed by atoms with Gasteiger partial charge in [-0.05, 0) is 24.1 Å². The molecule has 1 aromatic carbocycles. The number of carbonyl (C=O) groups is 2. The normalized spacial score (nSPS) is 14.3. The second-order valence-corrected chi connectivity index (χ2v) is 3.16. The summed E-state index contributed by atoms with van der Waals surface area (Å²) in [6.45, 7) is 0. The maximum Gasteiger partial charge on any atom is 0.248 e. The minimum absolute atomic E-state index is 0.109. The summed E-state index contributed by atoms with van der Waals surface area (Å²) in [5.74, 6) is -0.374. The average molecular weight is 175 g/mol. The summed E-state index contributed by atoms with van der Waals surface area (Å²) in [5, 5.41) is 0. The van der Waals surface area contributed by atoms with Crippen LogP contribution in [0.25, 0.3) is 0 Å². The molecule has 66 valence electrons. The zero-order valence-corrected chi connectivity index (χ0v) is 7.04. The maximum absolute atomic E-state index is 11.3. The molecule has 0 bridgehead atoms. The van der Waals surface area contributed by atoms with Gasteiger partial charge in [0.2, 0.25) is 5.91 Å². The zero-order valence-electron chi connectivity index (χ0n) is 7.04. The lowest BCUT2D eigenvalue weighted by Gasteiger charge is -1.99. The van der Waals surface area contributed by atoms with Crippen LogP contribution < -0.4 is 5.73 Å². The Balaban J connectivity index is 2.54. The number of rotatable bonds is 1. The Morgan fingerprint density at radius 3 is 2.77 bits per heavy atom. The summed E-state index contributed by atoms with van der Waals surface area (Å²) < 4.78 is 0. The Labute approximate surface area is 75.5 Å². The number of carbonyl (C=O) groups excluding carboxylic acids is 2. The third-order valence-corrected chi connectivity index (χ3v) is 2.32. The molecule has 3 heteroatoms. The quantitative estimate of drug-likeness (QED) is 0.689. The van der Waals surface area contributed by atoms with Gasteiger partial charge in [0.05, 0.1) is 0 Å². The molecule has 0 aliphatic heterocycles. The molecule has 3 nitrogen and oxygen atoms in total. The molecule has 0 aromatic heterocycles. The highest BCUT2D eigenvalue weighted by atomic mass is 16.1. The van der Waals surface area contributed by atoms with Gasteiger partial charge in [-0.2, -0.15) is 0 Å².